The summed E-state index contributed by atoms with van der Waals surface area (Å²) in [6.45, 7) is 1.68. The summed E-state index contributed by atoms with van der Waals surface area (Å²) in [5.74, 6) is 0. The van der Waals surface area contributed by atoms with E-state index in [1.165, 1.54) is 4.88 Å². The smallest absolute Gasteiger partial charge is 0.0794 e. The Balaban J connectivity index is 1.76. The number of nitrogens with zero attached hydrogens (tertiary/aromatic N) is 2. The number of rotatable bonds is 4. The van der Waals surface area contributed by atoms with Crippen molar-refractivity contribution >= 4 is 11.3 Å². The zero-order chi connectivity index (χ0) is 8.93. The van der Waals surface area contributed by atoms with E-state index in [1.54, 1.807) is 17.5 Å². The summed E-state index contributed by atoms with van der Waals surface area (Å²) in [4.78, 5) is 5.25. The molecule has 0 atom stereocenters. The molecule has 2 rings (SSSR count). The van der Waals surface area contributed by atoms with Gasteiger partial charge in [-0.3, -0.25) is 10.1 Å². The average molecular weight is 194 g/mol. The molecule has 2 aromatic heterocycles. The minimum Gasteiger partial charge on any atom is -0.306 e. The van der Waals surface area contributed by atoms with Crippen LogP contribution >= 0.6 is 11.3 Å². The first-order valence-corrected chi connectivity index (χ1v) is 4.89. The molecule has 2 aromatic rings. The minimum atomic E-state index is 0.817. The van der Waals surface area contributed by atoms with E-state index < -0.39 is 0 Å². The molecule has 0 saturated heterocycles. The number of hydrogen-bond acceptors (Lipinski definition) is 4. The van der Waals surface area contributed by atoms with Gasteiger partial charge in [-0.1, -0.05) is 0 Å². The first kappa shape index (κ1) is 8.40. The summed E-state index contributed by atoms with van der Waals surface area (Å²) >= 11 is 1.66. The zero-order valence-corrected chi connectivity index (χ0v) is 7.84. The first-order chi connectivity index (χ1) is 6.45. The van der Waals surface area contributed by atoms with Gasteiger partial charge in [0.25, 0.3) is 0 Å². The quantitative estimate of drug-likeness (QED) is 0.767. The summed E-state index contributed by atoms with van der Waals surface area (Å²) in [6, 6.07) is 1.96. The molecule has 0 fully saturated rings. The van der Waals surface area contributed by atoms with Crippen LogP contribution in [0, 0.1) is 0 Å². The summed E-state index contributed by atoms with van der Waals surface area (Å²) in [7, 11) is 0. The fraction of sp³-hybridized carbons (Fsp3) is 0.250. The van der Waals surface area contributed by atoms with Crippen LogP contribution in [0.5, 0.6) is 0 Å². The maximum absolute atomic E-state index is 4.00. The first-order valence-electron chi connectivity index (χ1n) is 4.01. The van der Waals surface area contributed by atoms with Gasteiger partial charge in [0, 0.05) is 36.1 Å². The number of aromatic nitrogens is 3. The molecule has 2 heterocycles. The topological polar surface area (TPSA) is 53.6 Å². The van der Waals surface area contributed by atoms with Crippen molar-refractivity contribution in [1.82, 2.24) is 20.5 Å². The highest BCUT2D eigenvalue weighted by atomic mass is 32.1. The van der Waals surface area contributed by atoms with Crippen molar-refractivity contribution in [3.05, 3.63) is 34.5 Å². The van der Waals surface area contributed by atoms with Gasteiger partial charge < -0.3 is 5.32 Å². The van der Waals surface area contributed by atoms with Crippen LogP contribution in [-0.2, 0) is 13.1 Å². The van der Waals surface area contributed by atoms with Gasteiger partial charge in [-0.2, -0.15) is 5.10 Å². The molecule has 0 saturated carbocycles. The second-order valence-corrected chi connectivity index (χ2v) is 3.62. The Labute approximate surface area is 80.0 Å². The molecule has 4 nitrogen and oxygen atoms in total. The molecule has 0 aliphatic carbocycles. The van der Waals surface area contributed by atoms with E-state index in [1.807, 2.05) is 17.8 Å². The molecule has 13 heavy (non-hydrogen) atoms. The van der Waals surface area contributed by atoms with Crippen LogP contribution in [0.3, 0.4) is 0 Å². The lowest BCUT2D eigenvalue weighted by molar-refractivity contribution is 0.683. The van der Waals surface area contributed by atoms with E-state index in [9.17, 15) is 0 Å². The van der Waals surface area contributed by atoms with Crippen molar-refractivity contribution in [2.75, 3.05) is 0 Å². The molecule has 5 heteroatoms. The lowest BCUT2D eigenvalue weighted by atomic mass is 10.4. The van der Waals surface area contributed by atoms with E-state index in [0.717, 1.165) is 18.8 Å². The Morgan fingerprint density at radius 3 is 3.15 bits per heavy atom. The zero-order valence-electron chi connectivity index (χ0n) is 7.03. The molecule has 0 amide bonds. The van der Waals surface area contributed by atoms with Crippen molar-refractivity contribution in [3.8, 4) is 0 Å². The number of H-pyrrole nitrogens is 1. The number of aromatic amines is 1. The number of hydrogen-bond donors (Lipinski definition) is 2. The maximum atomic E-state index is 4.00. The molecule has 0 aromatic carbocycles. The van der Waals surface area contributed by atoms with Crippen LogP contribution in [0.25, 0.3) is 0 Å². The Kier molecular flexibility index (Phi) is 2.68. The normalized spacial score (nSPS) is 10.5. The molecule has 2 N–H and O–H groups in total. The molecule has 0 radical (unpaired) electrons. The highest BCUT2D eigenvalue weighted by molar-refractivity contribution is 7.09. The number of nitrogens with one attached hydrogen (secondary N) is 2. The van der Waals surface area contributed by atoms with E-state index >= 15 is 0 Å². The molecule has 0 spiro atoms. The van der Waals surface area contributed by atoms with Crippen LogP contribution in [0.15, 0.2) is 24.0 Å². The maximum Gasteiger partial charge on any atom is 0.0794 e. The van der Waals surface area contributed by atoms with Gasteiger partial charge >= 0.3 is 0 Å². The third kappa shape index (κ3) is 2.37. The van der Waals surface area contributed by atoms with E-state index in [-0.39, 0.29) is 0 Å². The predicted molar refractivity (Wildman–Crippen MR) is 51.2 cm³/mol. The van der Waals surface area contributed by atoms with Crippen LogP contribution < -0.4 is 5.32 Å². The Morgan fingerprint density at radius 2 is 2.46 bits per heavy atom. The number of thiazole rings is 1. The Bertz CT molecular complexity index is 293. The second kappa shape index (κ2) is 4.15. The van der Waals surface area contributed by atoms with Crippen molar-refractivity contribution in [2.24, 2.45) is 0 Å². The van der Waals surface area contributed by atoms with Gasteiger partial charge in [-0.05, 0) is 6.07 Å². The largest absolute Gasteiger partial charge is 0.306 e. The average Bonchev–Trinajstić information content (AvgIpc) is 2.75. The Morgan fingerprint density at radius 1 is 1.46 bits per heavy atom. The van der Waals surface area contributed by atoms with Crippen LogP contribution in [0.4, 0.5) is 0 Å². The van der Waals surface area contributed by atoms with Gasteiger partial charge in [0.15, 0.2) is 0 Å². The standard InChI is InChI=1S/C8H10N4S/c1-2-11-12-7(1)3-9-4-8-5-10-6-13-8/h1-2,5-6,9H,3-4H2,(H,11,12). The molecular formula is C8H10N4S. The van der Waals surface area contributed by atoms with Gasteiger partial charge in [0.2, 0.25) is 0 Å². The van der Waals surface area contributed by atoms with Gasteiger partial charge in [0.1, 0.15) is 0 Å². The third-order valence-corrected chi connectivity index (χ3v) is 2.44. The lowest BCUT2D eigenvalue weighted by Gasteiger charge is -1.98. The van der Waals surface area contributed by atoms with Crippen LogP contribution in [0.2, 0.25) is 0 Å². The summed E-state index contributed by atoms with van der Waals surface area (Å²) in [5, 5.41) is 10.0. The van der Waals surface area contributed by atoms with Gasteiger partial charge in [-0.15, -0.1) is 11.3 Å². The SMILES string of the molecule is c1cc(CNCc2cncs2)[nH]n1. The van der Waals surface area contributed by atoms with Crippen molar-refractivity contribution in [3.63, 3.8) is 0 Å². The summed E-state index contributed by atoms with van der Waals surface area (Å²) < 4.78 is 0. The lowest BCUT2D eigenvalue weighted by Crippen LogP contribution is -2.11. The molecular weight excluding hydrogens is 184 g/mol. The van der Waals surface area contributed by atoms with Crippen molar-refractivity contribution < 1.29 is 0 Å². The third-order valence-electron chi connectivity index (χ3n) is 1.66. The monoisotopic (exact) mass is 194 g/mol. The van der Waals surface area contributed by atoms with Crippen molar-refractivity contribution in [2.45, 2.75) is 13.1 Å². The summed E-state index contributed by atoms with van der Waals surface area (Å²) in [5.41, 5.74) is 2.94. The van der Waals surface area contributed by atoms with Gasteiger partial charge in [-0.25, -0.2) is 0 Å². The van der Waals surface area contributed by atoms with Gasteiger partial charge in [0.05, 0.1) is 5.51 Å². The fourth-order valence-electron chi connectivity index (χ4n) is 1.03. The molecule has 0 bridgehead atoms. The summed E-state index contributed by atoms with van der Waals surface area (Å²) in [6.07, 6.45) is 3.63. The van der Waals surface area contributed by atoms with E-state index in [0.29, 0.717) is 0 Å². The van der Waals surface area contributed by atoms with E-state index in [4.69, 9.17) is 0 Å². The molecule has 0 aliphatic heterocycles. The fourth-order valence-corrected chi connectivity index (χ4v) is 1.60. The molecule has 0 unspecified atom stereocenters. The van der Waals surface area contributed by atoms with Crippen molar-refractivity contribution in [1.29, 1.82) is 0 Å². The Hall–Kier alpha value is -1.20. The van der Waals surface area contributed by atoms with Crippen LogP contribution in [-0.4, -0.2) is 15.2 Å². The molecule has 68 valence electrons. The highest BCUT2D eigenvalue weighted by Gasteiger charge is 1.95. The molecule has 0 aliphatic rings. The highest BCUT2D eigenvalue weighted by Crippen LogP contribution is 2.04. The van der Waals surface area contributed by atoms with E-state index in [2.05, 4.69) is 20.5 Å². The minimum absolute atomic E-state index is 0.817. The second-order valence-electron chi connectivity index (χ2n) is 2.65. The predicted octanol–water partition coefficient (Wildman–Crippen LogP) is 1.16. The van der Waals surface area contributed by atoms with Crippen LogP contribution in [0.1, 0.15) is 10.6 Å².